The van der Waals surface area contributed by atoms with Gasteiger partial charge in [-0.15, -0.1) is 11.6 Å². The van der Waals surface area contributed by atoms with Crippen molar-refractivity contribution in [2.24, 2.45) is 0 Å². The number of hydrogen-bond acceptors (Lipinski definition) is 1. The van der Waals surface area contributed by atoms with Gasteiger partial charge in [0.15, 0.2) is 0 Å². The Hall–Kier alpha value is 0.0200. The molecular formula is C7H5Cl3O. The van der Waals surface area contributed by atoms with Crippen LogP contribution in [0.3, 0.4) is 0 Å². The molecule has 0 saturated carbocycles. The third-order valence-electron chi connectivity index (χ3n) is 1.25. The molecule has 0 aromatic rings. The fourth-order valence-electron chi connectivity index (χ4n) is 0.782. The van der Waals surface area contributed by atoms with Gasteiger partial charge in [-0.25, -0.2) is 0 Å². The zero-order valence-electron chi connectivity index (χ0n) is 5.70. The minimum atomic E-state index is -0.734. The number of alkyl halides is 1. The van der Waals surface area contributed by atoms with Gasteiger partial charge in [-0.2, -0.15) is 0 Å². The predicted molar refractivity (Wildman–Crippen MR) is 47.1 cm³/mol. The molecule has 4 heteroatoms. The first kappa shape index (κ1) is 9.11. The van der Waals surface area contributed by atoms with Gasteiger partial charge >= 0.3 is 0 Å². The summed E-state index contributed by atoms with van der Waals surface area (Å²) in [5.74, 6) is -0.369. The first-order chi connectivity index (χ1) is 4.92. The molecule has 0 aromatic heterocycles. The Bertz CT molecular complexity index is 239. The Morgan fingerprint density at radius 3 is 2.00 bits per heavy atom. The lowest BCUT2D eigenvalue weighted by atomic mass is 10.0. The second-order valence-electron chi connectivity index (χ2n) is 2.46. The van der Waals surface area contributed by atoms with Crippen molar-refractivity contribution in [1.82, 2.24) is 0 Å². The van der Waals surface area contributed by atoms with E-state index in [1.807, 2.05) is 0 Å². The Balaban J connectivity index is 3.08. The largest absolute Gasteiger partial charge is 0.287 e. The van der Waals surface area contributed by atoms with Crippen LogP contribution in [-0.2, 0) is 4.79 Å². The van der Waals surface area contributed by atoms with Gasteiger partial charge in [0, 0.05) is 0 Å². The summed E-state index contributed by atoms with van der Waals surface area (Å²) in [7, 11) is 0. The van der Waals surface area contributed by atoms with Crippen molar-refractivity contribution >= 4 is 40.6 Å². The molecule has 60 valence electrons. The van der Waals surface area contributed by atoms with Crippen LogP contribution in [0.5, 0.6) is 0 Å². The maximum atomic E-state index is 11.0. The van der Waals surface area contributed by atoms with Gasteiger partial charge in [0.05, 0.1) is 14.9 Å². The third-order valence-corrected chi connectivity index (χ3v) is 2.03. The van der Waals surface area contributed by atoms with Crippen molar-refractivity contribution in [2.75, 3.05) is 0 Å². The molecule has 0 atom stereocenters. The highest BCUT2D eigenvalue weighted by atomic mass is 35.5. The molecule has 1 aliphatic rings. The topological polar surface area (TPSA) is 17.1 Å². The van der Waals surface area contributed by atoms with Crippen LogP contribution in [0.4, 0.5) is 0 Å². The number of allylic oxidation sites excluding steroid dienone is 4. The summed E-state index contributed by atoms with van der Waals surface area (Å²) in [5.41, 5.74) is 0. The van der Waals surface area contributed by atoms with Gasteiger partial charge in [-0.05, 0) is 19.1 Å². The van der Waals surface area contributed by atoms with Crippen LogP contribution in [0.1, 0.15) is 6.92 Å². The van der Waals surface area contributed by atoms with E-state index in [2.05, 4.69) is 0 Å². The molecular weight excluding hydrogens is 206 g/mol. The smallest absolute Gasteiger partial charge is 0.215 e. The highest BCUT2D eigenvalue weighted by Crippen LogP contribution is 2.31. The molecule has 0 N–H and O–H groups in total. The molecule has 1 aliphatic carbocycles. The van der Waals surface area contributed by atoms with E-state index in [4.69, 9.17) is 34.8 Å². The normalized spacial score (nSPS) is 22.7. The van der Waals surface area contributed by atoms with E-state index < -0.39 is 4.87 Å². The summed E-state index contributed by atoms with van der Waals surface area (Å²) < 4.78 is 0. The fraction of sp³-hybridized carbons (Fsp3) is 0.286. The van der Waals surface area contributed by atoms with Gasteiger partial charge in [-0.1, -0.05) is 23.2 Å². The molecule has 1 rings (SSSR count). The van der Waals surface area contributed by atoms with Crippen LogP contribution >= 0.6 is 34.8 Å². The number of Topliss-reactive ketones (excluding diaryl/α,β-unsaturated/α-hetero) is 1. The van der Waals surface area contributed by atoms with E-state index in [1.165, 1.54) is 12.2 Å². The predicted octanol–water partition coefficient (Wildman–Crippen LogP) is 2.81. The highest BCUT2D eigenvalue weighted by molar-refractivity contribution is 6.55. The monoisotopic (exact) mass is 210 g/mol. The second-order valence-corrected chi connectivity index (χ2v) is 4.09. The lowest BCUT2D eigenvalue weighted by Gasteiger charge is -2.17. The zero-order chi connectivity index (χ0) is 8.65. The van der Waals surface area contributed by atoms with E-state index in [0.29, 0.717) is 0 Å². The Kier molecular flexibility index (Phi) is 2.33. The molecule has 0 aliphatic heterocycles. The number of ketones is 1. The van der Waals surface area contributed by atoms with E-state index >= 15 is 0 Å². The standard InChI is InChI=1S/C7H5Cl3O/c1-7(10)2-4(8)6(11)5(9)3-7/h2-3H,1H3. The Morgan fingerprint density at radius 2 is 1.64 bits per heavy atom. The van der Waals surface area contributed by atoms with Gasteiger partial charge in [-0.3, -0.25) is 4.79 Å². The summed E-state index contributed by atoms with van der Waals surface area (Å²) in [6.07, 6.45) is 2.93. The van der Waals surface area contributed by atoms with E-state index in [1.54, 1.807) is 6.92 Å². The summed E-state index contributed by atoms with van der Waals surface area (Å²) in [4.78, 5) is 10.2. The fourth-order valence-corrected chi connectivity index (χ4v) is 1.82. The summed E-state index contributed by atoms with van der Waals surface area (Å²) in [6.45, 7) is 1.70. The van der Waals surface area contributed by atoms with Crippen LogP contribution in [-0.4, -0.2) is 10.7 Å². The van der Waals surface area contributed by atoms with Crippen molar-refractivity contribution in [3.05, 3.63) is 22.2 Å². The molecule has 0 amide bonds. The molecule has 11 heavy (non-hydrogen) atoms. The van der Waals surface area contributed by atoms with E-state index in [0.717, 1.165) is 0 Å². The molecule has 0 saturated heterocycles. The molecule has 0 spiro atoms. The van der Waals surface area contributed by atoms with Crippen molar-refractivity contribution in [3.63, 3.8) is 0 Å². The minimum absolute atomic E-state index is 0.0787. The molecule has 0 radical (unpaired) electrons. The van der Waals surface area contributed by atoms with Crippen LogP contribution in [0.15, 0.2) is 22.2 Å². The van der Waals surface area contributed by atoms with Crippen molar-refractivity contribution in [2.45, 2.75) is 11.8 Å². The summed E-state index contributed by atoms with van der Waals surface area (Å²) in [6, 6.07) is 0. The maximum absolute atomic E-state index is 11.0. The average Bonchev–Trinajstić information content (AvgIpc) is 1.81. The molecule has 0 aromatic carbocycles. The van der Waals surface area contributed by atoms with Crippen LogP contribution in [0.25, 0.3) is 0 Å². The van der Waals surface area contributed by atoms with Gasteiger partial charge in [0.1, 0.15) is 0 Å². The van der Waals surface area contributed by atoms with Gasteiger partial charge in [0.25, 0.3) is 0 Å². The molecule has 1 nitrogen and oxygen atoms in total. The Labute approximate surface area is 79.6 Å². The van der Waals surface area contributed by atoms with Crippen LogP contribution in [0.2, 0.25) is 0 Å². The van der Waals surface area contributed by atoms with Crippen molar-refractivity contribution < 1.29 is 4.79 Å². The number of hydrogen-bond donors (Lipinski definition) is 0. The minimum Gasteiger partial charge on any atom is -0.287 e. The van der Waals surface area contributed by atoms with Crippen molar-refractivity contribution in [1.29, 1.82) is 0 Å². The lowest BCUT2D eigenvalue weighted by molar-refractivity contribution is -0.111. The molecule has 0 fully saturated rings. The lowest BCUT2D eigenvalue weighted by Crippen LogP contribution is -2.17. The number of rotatable bonds is 0. The zero-order valence-corrected chi connectivity index (χ0v) is 7.96. The number of carbonyl (C=O) groups excluding carboxylic acids is 1. The molecule has 0 unspecified atom stereocenters. The summed E-state index contributed by atoms with van der Waals surface area (Å²) >= 11 is 16.9. The molecule has 0 heterocycles. The van der Waals surface area contributed by atoms with Crippen LogP contribution in [0, 0.1) is 0 Å². The van der Waals surface area contributed by atoms with E-state index in [-0.39, 0.29) is 15.8 Å². The number of halogens is 3. The number of carbonyl (C=O) groups is 1. The summed E-state index contributed by atoms with van der Waals surface area (Å²) in [5, 5.41) is 0.157. The van der Waals surface area contributed by atoms with Crippen molar-refractivity contribution in [3.8, 4) is 0 Å². The average molecular weight is 211 g/mol. The Morgan fingerprint density at radius 1 is 1.27 bits per heavy atom. The second kappa shape index (κ2) is 2.81. The third kappa shape index (κ3) is 1.98. The first-order valence-electron chi connectivity index (χ1n) is 2.93. The maximum Gasteiger partial charge on any atom is 0.215 e. The first-order valence-corrected chi connectivity index (χ1v) is 4.06. The van der Waals surface area contributed by atoms with Gasteiger partial charge in [0.2, 0.25) is 5.78 Å². The molecule has 0 bridgehead atoms. The van der Waals surface area contributed by atoms with Gasteiger partial charge < -0.3 is 0 Å². The highest BCUT2D eigenvalue weighted by Gasteiger charge is 2.26. The SMILES string of the molecule is CC1(Cl)C=C(Cl)C(=O)C(Cl)=C1. The quantitative estimate of drug-likeness (QED) is 0.563. The van der Waals surface area contributed by atoms with E-state index in [9.17, 15) is 4.79 Å². The van der Waals surface area contributed by atoms with Crippen LogP contribution < -0.4 is 0 Å².